The summed E-state index contributed by atoms with van der Waals surface area (Å²) in [7, 11) is 0. The van der Waals surface area contributed by atoms with Gasteiger partial charge in [0.1, 0.15) is 22.8 Å². The van der Waals surface area contributed by atoms with E-state index in [0.29, 0.717) is 24.4 Å². The van der Waals surface area contributed by atoms with Crippen LogP contribution in [0.4, 0.5) is 0 Å². The number of nitrogens with one attached hydrogen (secondary N) is 1. The maximum Gasteiger partial charge on any atom is 0.339 e. The Morgan fingerprint density at radius 1 is 1.27 bits per heavy atom. The van der Waals surface area contributed by atoms with Crippen molar-refractivity contribution in [3.8, 4) is 0 Å². The number of aromatic nitrogens is 1. The van der Waals surface area contributed by atoms with Crippen LogP contribution < -0.4 is 5.32 Å². The number of carbonyl (C=O) groups is 2. The predicted molar refractivity (Wildman–Crippen MR) is 76.5 cm³/mol. The van der Waals surface area contributed by atoms with E-state index in [0.717, 1.165) is 17.0 Å². The Labute approximate surface area is 127 Å². The van der Waals surface area contributed by atoms with Gasteiger partial charge in [-0.15, -0.1) is 0 Å². The van der Waals surface area contributed by atoms with Crippen LogP contribution >= 0.6 is 0 Å². The minimum Gasteiger partial charge on any atom is -0.478 e. The maximum absolute atomic E-state index is 11.8. The largest absolute Gasteiger partial charge is 0.478 e. The molecule has 0 aliphatic rings. The number of hydrogen-bond donors (Lipinski definition) is 2. The molecule has 118 valence electrons. The van der Waals surface area contributed by atoms with Crippen LogP contribution in [-0.4, -0.2) is 22.1 Å². The zero-order valence-corrected chi connectivity index (χ0v) is 12.7. The van der Waals surface area contributed by atoms with E-state index in [1.54, 1.807) is 6.92 Å². The third kappa shape index (κ3) is 3.55. The number of furan rings is 1. The molecule has 7 heteroatoms. The molecule has 2 N–H and O–H groups in total. The van der Waals surface area contributed by atoms with Gasteiger partial charge in [0.05, 0.1) is 12.2 Å². The lowest BCUT2D eigenvalue weighted by atomic mass is 10.1. The standard InChI is InChI=1S/C15H18N2O5/c1-8-12(10(3)22-17-8)4-5-14(18)16-7-11-6-13(15(19)20)9(2)21-11/h6H,4-5,7H2,1-3H3,(H,16,18)(H,19,20). The van der Waals surface area contributed by atoms with Crippen LogP contribution in [0.5, 0.6) is 0 Å². The van der Waals surface area contributed by atoms with Crippen molar-refractivity contribution >= 4 is 11.9 Å². The highest BCUT2D eigenvalue weighted by atomic mass is 16.5. The summed E-state index contributed by atoms with van der Waals surface area (Å²) in [5.74, 6) is 0.272. The fourth-order valence-electron chi connectivity index (χ4n) is 2.21. The zero-order valence-electron chi connectivity index (χ0n) is 12.7. The van der Waals surface area contributed by atoms with Crippen molar-refractivity contribution in [3.63, 3.8) is 0 Å². The van der Waals surface area contributed by atoms with Crippen LogP contribution in [0.1, 0.15) is 45.3 Å². The van der Waals surface area contributed by atoms with Gasteiger partial charge in [-0.25, -0.2) is 4.79 Å². The van der Waals surface area contributed by atoms with Crippen molar-refractivity contribution in [2.24, 2.45) is 0 Å². The van der Waals surface area contributed by atoms with E-state index in [9.17, 15) is 9.59 Å². The first-order valence-electron chi connectivity index (χ1n) is 6.89. The van der Waals surface area contributed by atoms with E-state index in [1.807, 2.05) is 13.8 Å². The maximum atomic E-state index is 11.8. The summed E-state index contributed by atoms with van der Waals surface area (Å²) in [4.78, 5) is 22.7. The smallest absolute Gasteiger partial charge is 0.339 e. The van der Waals surface area contributed by atoms with Gasteiger partial charge < -0.3 is 19.4 Å². The topological polar surface area (TPSA) is 106 Å². The molecule has 7 nitrogen and oxygen atoms in total. The average molecular weight is 306 g/mol. The Morgan fingerprint density at radius 2 is 2.00 bits per heavy atom. The molecule has 0 fully saturated rings. The van der Waals surface area contributed by atoms with E-state index in [2.05, 4.69) is 10.5 Å². The summed E-state index contributed by atoms with van der Waals surface area (Å²) < 4.78 is 10.3. The van der Waals surface area contributed by atoms with Crippen LogP contribution in [0.3, 0.4) is 0 Å². The van der Waals surface area contributed by atoms with Gasteiger partial charge in [0.25, 0.3) is 0 Å². The van der Waals surface area contributed by atoms with E-state index in [4.69, 9.17) is 14.0 Å². The quantitative estimate of drug-likeness (QED) is 0.847. The third-order valence-electron chi connectivity index (χ3n) is 3.44. The molecule has 22 heavy (non-hydrogen) atoms. The van der Waals surface area contributed by atoms with Crippen LogP contribution in [-0.2, 0) is 17.8 Å². The first kappa shape index (κ1) is 15.8. The van der Waals surface area contributed by atoms with Crippen LogP contribution in [0.2, 0.25) is 0 Å². The number of hydrogen-bond acceptors (Lipinski definition) is 5. The van der Waals surface area contributed by atoms with E-state index >= 15 is 0 Å². The molecule has 0 aromatic carbocycles. The van der Waals surface area contributed by atoms with Crippen molar-refractivity contribution in [2.45, 2.75) is 40.2 Å². The minimum atomic E-state index is -1.04. The molecule has 2 heterocycles. The number of rotatable bonds is 6. The first-order valence-corrected chi connectivity index (χ1v) is 6.89. The summed E-state index contributed by atoms with van der Waals surface area (Å²) in [6.45, 7) is 5.38. The van der Waals surface area contributed by atoms with E-state index in [1.165, 1.54) is 6.07 Å². The van der Waals surface area contributed by atoms with Crippen LogP contribution in [0.25, 0.3) is 0 Å². The number of carbonyl (C=O) groups excluding carboxylic acids is 1. The second kappa shape index (κ2) is 6.46. The Bertz CT molecular complexity index is 679. The van der Waals surface area contributed by atoms with Gasteiger partial charge in [-0.05, 0) is 33.3 Å². The van der Waals surface area contributed by atoms with Crippen LogP contribution in [0.15, 0.2) is 15.0 Å². The Kier molecular flexibility index (Phi) is 4.65. The fraction of sp³-hybridized carbons (Fsp3) is 0.400. The molecule has 1 amide bonds. The van der Waals surface area contributed by atoms with Gasteiger partial charge in [-0.2, -0.15) is 0 Å². The Hall–Kier alpha value is -2.57. The van der Waals surface area contributed by atoms with Gasteiger partial charge in [-0.1, -0.05) is 5.16 Å². The molecule has 2 aromatic heterocycles. The SMILES string of the molecule is Cc1noc(C)c1CCC(=O)NCc1cc(C(=O)O)c(C)o1. The van der Waals surface area contributed by atoms with Gasteiger partial charge in [0, 0.05) is 12.0 Å². The summed E-state index contributed by atoms with van der Waals surface area (Å²) in [5.41, 5.74) is 1.84. The van der Waals surface area contributed by atoms with Crippen molar-refractivity contribution in [3.05, 3.63) is 40.2 Å². The Balaban J connectivity index is 1.85. The van der Waals surface area contributed by atoms with Gasteiger partial charge in [0.2, 0.25) is 5.91 Å². The molecule has 0 spiro atoms. The summed E-state index contributed by atoms with van der Waals surface area (Å²) in [6, 6.07) is 1.42. The second-order valence-electron chi connectivity index (χ2n) is 5.07. The highest BCUT2D eigenvalue weighted by Crippen LogP contribution is 2.15. The number of amides is 1. The molecule has 0 radical (unpaired) electrons. The van der Waals surface area contributed by atoms with E-state index in [-0.39, 0.29) is 18.0 Å². The second-order valence-corrected chi connectivity index (χ2v) is 5.07. The van der Waals surface area contributed by atoms with Crippen molar-refractivity contribution < 1.29 is 23.6 Å². The number of carboxylic acids is 1. The highest BCUT2D eigenvalue weighted by Gasteiger charge is 2.15. The summed E-state index contributed by atoms with van der Waals surface area (Å²) >= 11 is 0. The molecular weight excluding hydrogens is 288 g/mol. The molecule has 0 unspecified atom stereocenters. The van der Waals surface area contributed by atoms with Gasteiger partial charge >= 0.3 is 5.97 Å². The number of aryl methyl sites for hydroxylation is 3. The zero-order chi connectivity index (χ0) is 16.3. The van der Waals surface area contributed by atoms with Crippen LogP contribution in [0, 0.1) is 20.8 Å². The summed E-state index contributed by atoms with van der Waals surface area (Å²) in [5, 5.41) is 15.5. The lowest BCUT2D eigenvalue weighted by Crippen LogP contribution is -2.22. The van der Waals surface area contributed by atoms with Gasteiger partial charge in [-0.3, -0.25) is 4.79 Å². The first-order chi connectivity index (χ1) is 10.4. The van der Waals surface area contributed by atoms with Gasteiger partial charge in [0.15, 0.2) is 0 Å². The van der Waals surface area contributed by atoms with Crippen molar-refractivity contribution in [1.82, 2.24) is 10.5 Å². The molecule has 0 atom stereocenters. The highest BCUT2D eigenvalue weighted by molar-refractivity contribution is 5.88. The molecule has 2 aromatic rings. The molecule has 0 bridgehead atoms. The minimum absolute atomic E-state index is 0.111. The van der Waals surface area contributed by atoms with Crippen molar-refractivity contribution in [1.29, 1.82) is 0 Å². The average Bonchev–Trinajstić information content (AvgIpc) is 2.98. The molecule has 0 aliphatic heterocycles. The molecule has 2 rings (SSSR count). The molecule has 0 aliphatic carbocycles. The number of carboxylic acid groups (broad SMARTS) is 1. The lowest BCUT2D eigenvalue weighted by Gasteiger charge is -2.03. The molecule has 0 saturated carbocycles. The lowest BCUT2D eigenvalue weighted by molar-refractivity contribution is -0.121. The number of aromatic carboxylic acids is 1. The molecule has 0 saturated heterocycles. The Morgan fingerprint density at radius 3 is 2.55 bits per heavy atom. The third-order valence-corrected chi connectivity index (χ3v) is 3.44. The predicted octanol–water partition coefficient (Wildman–Crippen LogP) is 2.14. The number of nitrogens with zero attached hydrogens (tertiary/aromatic N) is 1. The molecular formula is C15H18N2O5. The van der Waals surface area contributed by atoms with E-state index < -0.39 is 5.97 Å². The van der Waals surface area contributed by atoms with Crippen molar-refractivity contribution in [2.75, 3.05) is 0 Å². The normalized spacial score (nSPS) is 10.7. The summed E-state index contributed by atoms with van der Waals surface area (Å²) in [6.07, 6.45) is 0.846. The monoisotopic (exact) mass is 306 g/mol. The fourth-order valence-corrected chi connectivity index (χ4v) is 2.21.